The molecule has 3 nitrogen and oxygen atoms in total. The third-order valence-corrected chi connectivity index (χ3v) is 2.47. The van der Waals surface area contributed by atoms with Crippen molar-refractivity contribution in [2.75, 3.05) is 0 Å². The molecular formula is C7H4F3N3S. The molecule has 2 aromatic heterocycles. The normalized spacial score (nSPS) is 11.9. The Bertz CT molecular complexity index is 418. The maximum Gasteiger partial charge on any atom is 0.434 e. The monoisotopic (exact) mass is 219 g/mol. The Morgan fingerprint density at radius 1 is 1.36 bits per heavy atom. The predicted molar refractivity (Wildman–Crippen MR) is 44.7 cm³/mol. The molecule has 1 N–H and O–H groups in total. The molecule has 0 spiro atoms. The van der Waals surface area contributed by atoms with Gasteiger partial charge in [0.05, 0.1) is 16.6 Å². The van der Waals surface area contributed by atoms with Crippen molar-refractivity contribution in [1.29, 1.82) is 0 Å². The number of aromatic nitrogens is 3. The van der Waals surface area contributed by atoms with E-state index in [0.717, 1.165) is 11.3 Å². The van der Waals surface area contributed by atoms with Crippen LogP contribution in [0.1, 0.15) is 5.69 Å². The van der Waals surface area contributed by atoms with Gasteiger partial charge in [0.15, 0.2) is 5.69 Å². The largest absolute Gasteiger partial charge is 0.434 e. The molecule has 0 amide bonds. The lowest BCUT2D eigenvalue weighted by molar-refractivity contribution is -0.140. The zero-order valence-electron chi connectivity index (χ0n) is 6.67. The van der Waals surface area contributed by atoms with Gasteiger partial charge >= 0.3 is 6.18 Å². The van der Waals surface area contributed by atoms with E-state index in [1.165, 1.54) is 17.9 Å². The maximum atomic E-state index is 12.4. The van der Waals surface area contributed by atoms with Gasteiger partial charge in [-0.2, -0.15) is 18.3 Å². The molecular weight excluding hydrogens is 215 g/mol. The molecule has 0 atom stereocenters. The van der Waals surface area contributed by atoms with Gasteiger partial charge in [0.25, 0.3) is 0 Å². The third kappa shape index (κ3) is 1.50. The van der Waals surface area contributed by atoms with Crippen LogP contribution in [0, 0.1) is 0 Å². The average Bonchev–Trinajstić information content (AvgIpc) is 2.73. The van der Waals surface area contributed by atoms with Crippen LogP contribution in [0.5, 0.6) is 0 Å². The summed E-state index contributed by atoms with van der Waals surface area (Å²) in [4.78, 5) is 3.38. The minimum Gasteiger partial charge on any atom is -0.285 e. The van der Waals surface area contributed by atoms with Gasteiger partial charge in [-0.05, 0) is 0 Å². The lowest BCUT2D eigenvalue weighted by Gasteiger charge is -2.03. The summed E-state index contributed by atoms with van der Waals surface area (Å²) in [6, 6.07) is 0. The second kappa shape index (κ2) is 3.09. The fourth-order valence-electron chi connectivity index (χ4n) is 1.03. The van der Waals surface area contributed by atoms with Crippen LogP contribution in [0.25, 0.3) is 10.4 Å². The lowest BCUT2D eigenvalue weighted by Crippen LogP contribution is -2.06. The van der Waals surface area contributed by atoms with Gasteiger partial charge in [0, 0.05) is 11.8 Å². The van der Waals surface area contributed by atoms with Gasteiger partial charge in [-0.3, -0.25) is 5.10 Å². The third-order valence-electron chi connectivity index (χ3n) is 1.60. The van der Waals surface area contributed by atoms with Gasteiger partial charge in [0.1, 0.15) is 0 Å². The highest BCUT2D eigenvalue weighted by atomic mass is 32.1. The van der Waals surface area contributed by atoms with Gasteiger partial charge in [0.2, 0.25) is 0 Å². The molecule has 0 aliphatic rings. The smallest absolute Gasteiger partial charge is 0.285 e. The summed E-state index contributed by atoms with van der Waals surface area (Å²) < 4.78 is 37.2. The number of H-pyrrole nitrogens is 1. The summed E-state index contributed by atoms with van der Waals surface area (Å²) in [5.41, 5.74) is 0.717. The Morgan fingerprint density at radius 3 is 2.71 bits per heavy atom. The summed E-state index contributed by atoms with van der Waals surface area (Å²) in [7, 11) is 0. The zero-order chi connectivity index (χ0) is 10.2. The van der Waals surface area contributed by atoms with Crippen molar-refractivity contribution in [1.82, 2.24) is 15.2 Å². The standard InChI is InChI=1S/C7H4F3N3S/c8-7(9,10)6-5(14-3-11-6)4-1-12-13-2-4/h1-3H,(H,12,13). The van der Waals surface area contributed by atoms with E-state index >= 15 is 0 Å². The van der Waals surface area contributed by atoms with Gasteiger partial charge in [-0.25, -0.2) is 4.98 Å². The molecule has 7 heteroatoms. The van der Waals surface area contributed by atoms with Crippen LogP contribution in [0.15, 0.2) is 17.9 Å². The van der Waals surface area contributed by atoms with Gasteiger partial charge in [-0.1, -0.05) is 0 Å². The fraction of sp³-hybridized carbons (Fsp3) is 0.143. The molecule has 0 aliphatic carbocycles. The van der Waals surface area contributed by atoms with Crippen LogP contribution in [0.2, 0.25) is 0 Å². The maximum absolute atomic E-state index is 12.4. The van der Waals surface area contributed by atoms with Gasteiger partial charge < -0.3 is 0 Å². The van der Waals surface area contributed by atoms with E-state index in [9.17, 15) is 13.2 Å². The first-order valence-corrected chi connectivity index (χ1v) is 4.47. The first kappa shape index (κ1) is 9.20. The van der Waals surface area contributed by atoms with Crippen LogP contribution in [-0.4, -0.2) is 15.2 Å². The molecule has 0 unspecified atom stereocenters. The molecule has 0 fully saturated rings. The topological polar surface area (TPSA) is 41.6 Å². The first-order chi connectivity index (χ1) is 6.59. The minimum atomic E-state index is -4.41. The number of nitrogens with zero attached hydrogens (tertiary/aromatic N) is 2. The second-order valence-electron chi connectivity index (χ2n) is 2.51. The number of alkyl halides is 3. The van der Waals surface area contributed by atoms with E-state index in [2.05, 4.69) is 15.2 Å². The van der Waals surface area contributed by atoms with Crippen molar-refractivity contribution >= 4 is 11.3 Å². The highest BCUT2D eigenvalue weighted by Crippen LogP contribution is 2.37. The fourth-order valence-corrected chi connectivity index (χ4v) is 1.82. The van der Waals surface area contributed by atoms with E-state index < -0.39 is 11.9 Å². The second-order valence-corrected chi connectivity index (χ2v) is 3.37. The number of rotatable bonds is 1. The summed E-state index contributed by atoms with van der Waals surface area (Å²) in [5, 5.41) is 6.05. The zero-order valence-corrected chi connectivity index (χ0v) is 7.49. The quantitative estimate of drug-likeness (QED) is 0.800. The molecule has 0 saturated carbocycles. The Labute approximate surface area is 80.6 Å². The predicted octanol–water partition coefficient (Wildman–Crippen LogP) is 2.55. The molecule has 0 radical (unpaired) electrons. The van der Waals surface area contributed by atoms with E-state index in [-0.39, 0.29) is 4.88 Å². The number of aromatic amines is 1. The summed E-state index contributed by atoms with van der Waals surface area (Å²) in [6.45, 7) is 0. The molecule has 0 saturated heterocycles. The number of nitrogens with one attached hydrogen (secondary N) is 1. The Kier molecular flexibility index (Phi) is 2.03. The number of halogens is 3. The number of hydrogen-bond acceptors (Lipinski definition) is 3. The summed E-state index contributed by atoms with van der Waals surface area (Å²) in [6.07, 6.45) is -1.67. The first-order valence-electron chi connectivity index (χ1n) is 3.59. The van der Waals surface area contributed by atoms with E-state index in [0.29, 0.717) is 5.56 Å². The highest BCUT2D eigenvalue weighted by molar-refractivity contribution is 7.13. The Morgan fingerprint density at radius 2 is 2.14 bits per heavy atom. The molecule has 2 aromatic rings. The molecule has 0 aromatic carbocycles. The van der Waals surface area contributed by atoms with Crippen LogP contribution in [0.4, 0.5) is 13.2 Å². The number of hydrogen-bond donors (Lipinski definition) is 1. The summed E-state index contributed by atoms with van der Waals surface area (Å²) in [5.74, 6) is 0. The van der Waals surface area contributed by atoms with Crippen molar-refractivity contribution in [2.45, 2.75) is 6.18 Å². The van der Waals surface area contributed by atoms with Crippen LogP contribution in [0.3, 0.4) is 0 Å². The highest BCUT2D eigenvalue weighted by Gasteiger charge is 2.36. The molecule has 74 valence electrons. The van der Waals surface area contributed by atoms with Crippen LogP contribution in [-0.2, 0) is 6.18 Å². The summed E-state index contributed by atoms with van der Waals surface area (Å²) >= 11 is 0.943. The van der Waals surface area contributed by atoms with Crippen molar-refractivity contribution in [3.8, 4) is 10.4 Å². The van der Waals surface area contributed by atoms with Crippen molar-refractivity contribution in [2.24, 2.45) is 0 Å². The van der Waals surface area contributed by atoms with E-state index in [1.807, 2.05) is 0 Å². The van der Waals surface area contributed by atoms with Crippen molar-refractivity contribution < 1.29 is 13.2 Å². The number of thiazole rings is 1. The van der Waals surface area contributed by atoms with E-state index in [4.69, 9.17) is 0 Å². The average molecular weight is 219 g/mol. The molecule has 2 heterocycles. The van der Waals surface area contributed by atoms with Crippen LogP contribution >= 0.6 is 11.3 Å². The Hall–Kier alpha value is -1.37. The lowest BCUT2D eigenvalue weighted by atomic mass is 10.2. The SMILES string of the molecule is FC(F)(F)c1ncsc1-c1cn[nH]c1. The molecule has 14 heavy (non-hydrogen) atoms. The molecule has 0 aliphatic heterocycles. The minimum absolute atomic E-state index is 0.0891. The Balaban J connectivity index is 2.51. The van der Waals surface area contributed by atoms with E-state index in [1.54, 1.807) is 0 Å². The van der Waals surface area contributed by atoms with Crippen molar-refractivity contribution in [3.63, 3.8) is 0 Å². The molecule has 2 rings (SSSR count). The van der Waals surface area contributed by atoms with Gasteiger partial charge in [-0.15, -0.1) is 11.3 Å². The van der Waals surface area contributed by atoms with Crippen molar-refractivity contribution in [3.05, 3.63) is 23.6 Å². The van der Waals surface area contributed by atoms with Crippen LogP contribution < -0.4 is 0 Å². The molecule has 0 bridgehead atoms.